The van der Waals surface area contributed by atoms with Crippen LogP contribution < -0.4 is 4.74 Å². The van der Waals surface area contributed by atoms with Gasteiger partial charge in [-0.05, 0) is 38.5 Å². The second-order valence-corrected chi connectivity index (χ2v) is 7.89. The van der Waals surface area contributed by atoms with E-state index in [0.29, 0.717) is 42.3 Å². The molecule has 4 atom stereocenters. The largest absolute Gasteiger partial charge is 0.485 e. The second kappa shape index (κ2) is 6.76. The summed E-state index contributed by atoms with van der Waals surface area (Å²) in [5.41, 5.74) is 0.177. The number of hydrogen-bond acceptors (Lipinski definition) is 7. The van der Waals surface area contributed by atoms with Crippen LogP contribution in [0.1, 0.15) is 37.5 Å². The van der Waals surface area contributed by atoms with Gasteiger partial charge in [-0.2, -0.15) is 5.26 Å². The fraction of sp³-hybridized carbons (Fsp3) is 0.550. The van der Waals surface area contributed by atoms with Crippen molar-refractivity contribution in [2.45, 2.75) is 38.1 Å². The lowest BCUT2D eigenvalue weighted by Gasteiger charge is -2.42. The molecule has 1 aromatic rings. The number of hydrogen-bond donors (Lipinski definition) is 1. The van der Waals surface area contributed by atoms with E-state index in [-0.39, 0.29) is 17.7 Å². The molecular formula is C20H23N3O5. The smallest absolute Gasteiger partial charge is 0.246 e. The number of benzene rings is 1. The molecule has 2 aliphatic heterocycles. The molecule has 1 aliphatic carbocycles. The molecule has 1 aromatic carbocycles. The Morgan fingerprint density at radius 2 is 2.21 bits per heavy atom. The van der Waals surface area contributed by atoms with Gasteiger partial charge in [-0.25, -0.2) is 5.01 Å². The summed E-state index contributed by atoms with van der Waals surface area (Å²) in [6.45, 7) is 4.29. The number of aliphatic hydroxyl groups excluding tert-OH is 1. The predicted octanol–water partition coefficient (Wildman–Crippen LogP) is 1.59. The minimum Gasteiger partial charge on any atom is -0.485 e. The first-order valence-corrected chi connectivity index (χ1v) is 9.32. The standard InChI is InChI=1S/C20H23N3O5/c1-20(2)17(24)16(14-8-11(10-21)4-5-15(14)28-20)27-18-12-9-13(12)19(25)23(22-18)6-7-26-3/h4-5,8,12-13,16-17,24H,6-7,9H2,1-3H3/t12-,13+,16-,17+/m1/s1. The molecule has 2 heterocycles. The van der Waals surface area contributed by atoms with Gasteiger partial charge in [0.15, 0.2) is 6.10 Å². The number of methoxy groups -OCH3 is 1. The van der Waals surface area contributed by atoms with Crippen molar-refractivity contribution in [3.63, 3.8) is 0 Å². The van der Waals surface area contributed by atoms with E-state index in [1.165, 1.54) is 5.01 Å². The van der Waals surface area contributed by atoms with Crippen LogP contribution in [0.4, 0.5) is 0 Å². The highest BCUT2D eigenvalue weighted by Crippen LogP contribution is 2.48. The molecule has 148 valence electrons. The van der Waals surface area contributed by atoms with Crippen LogP contribution in [0.2, 0.25) is 0 Å². The Morgan fingerprint density at radius 3 is 2.93 bits per heavy atom. The van der Waals surface area contributed by atoms with E-state index in [1.807, 2.05) is 0 Å². The summed E-state index contributed by atoms with van der Waals surface area (Å²) in [5.74, 6) is 0.798. The Hall–Kier alpha value is -2.63. The third-order valence-corrected chi connectivity index (χ3v) is 5.47. The number of nitriles is 1. The summed E-state index contributed by atoms with van der Waals surface area (Å²) in [6.07, 6.45) is -1.03. The third-order valence-electron chi connectivity index (χ3n) is 5.47. The summed E-state index contributed by atoms with van der Waals surface area (Å²) in [7, 11) is 1.57. The molecule has 0 radical (unpaired) electrons. The number of carbonyl (C=O) groups excluding carboxylic acids is 1. The van der Waals surface area contributed by atoms with E-state index in [0.717, 1.165) is 0 Å². The van der Waals surface area contributed by atoms with Gasteiger partial charge < -0.3 is 19.3 Å². The quantitative estimate of drug-likeness (QED) is 0.844. The van der Waals surface area contributed by atoms with Crippen molar-refractivity contribution in [2.24, 2.45) is 16.9 Å². The van der Waals surface area contributed by atoms with Gasteiger partial charge in [0, 0.05) is 18.6 Å². The maximum Gasteiger partial charge on any atom is 0.246 e. The van der Waals surface area contributed by atoms with Crippen LogP contribution >= 0.6 is 0 Å². The molecule has 1 saturated carbocycles. The van der Waals surface area contributed by atoms with Crippen molar-refractivity contribution in [3.05, 3.63) is 29.3 Å². The summed E-state index contributed by atoms with van der Waals surface area (Å²) in [6, 6.07) is 7.15. The topological polar surface area (TPSA) is 104 Å². The molecule has 0 aromatic heterocycles. The normalized spacial score (nSPS) is 29.8. The highest BCUT2D eigenvalue weighted by molar-refractivity contribution is 5.96. The summed E-state index contributed by atoms with van der Waals surface area (Å²) >= 11 is 0. The Kier molecular flexibility index (Phi) is 4.52. The Labute approximate surface area is 163 Å². The van der Waals surface area contributed by atoms with Crippen LogP contribution in [0.5, 0.6) is 5.75 Å². The van der Waals surface area contributed by atoms with E-state index >= 15 is 0 Å². The monoisotopic (exact) mass is 385 g/mol. The minimum atomic E-state index is -0.973. The van der Waals surface area contributed by atoms with Crippen LogP contribution in [-0.4, -0.2) is 53.9 Å². The summed E-state index contributed by atoms with van der Waals surface area (Å²) < 4.78 is 17.2. The van der Waals surface area contributed by atoms with Crippen LogP contribution in [-0.2, 0) is 14.3 Å². The van der Waals surface area contributed by atoms with Gasteiger partial charge in [0.1, 0.15) is 17.5 Å². The molecule has 1 N–H and O–H groups in total. The molecule has 8 nitrogen and oxygen atoms in total. The Morgan fingerprint density at radius 1 is 1.43 bits per heavy atom. The highest BCUT2D eigenvalue weighted by atomic mass is 16.5. The van der Waals surface area contributed by atoms with E-state index in [1.54, 1.807) is 39.2 Å². The zero-order chi connectivity index (χ0) is 20.1. The number of nitrogens with zero attached hydrogens (tertiary/aromatic N) is 3. The molecule has 0 saturated heterocycles. The van der Waals surface area contributed by atoms with Crippen molar-refractivity contribution >= 4 is 11.8 Å². The average molecular weight is 385 g/mol. The summed E-state index contributed by atoms with van der Waals surface area (Å²) in [5, 5.41) is 25.9. The van der Waals surface area contributed by atoms with E-state index < -0.39 is 17.8 Å². The number of aliphatic hydroxyl groups is 1. The van der Waals surface area contributed by atoms with Crippen LogP contribution in [0.3, 0.4) is 0 Å². The van der Waals surface area contributed by atoms with Crippen LogP contribution in [0, 0.1) is 23.2 Å². The Bertz CT molecular complexity index is 875. The molecule has 1 fully saturated rings. The van der Waals surface area contributed by atoms with Crippen LogP contribution in [0.15, 0.2) is 23.3 Å². The van der Waals surface area contributed by atoms with Crippen molar-refractivity contribution in [1.29, 1.82) is 5.26 Å². The number of amides is 1. The first kappa shape index (κ1) is 18.7. The fourth-order valence-electron chi connectivity index (χ4n) is 3.69. The number of ether oxygens (including phenoxy) is 3. The number of carbonyl (C=O) groups is 1. The highest BCUT2D eigenvalue weighted by Gasteiger charge is 2.54. The maximum absolute atomic E-state index is 12.4. The van der Waals surface area contributed by atoms with Gasteiger partial charge >= 0.3 is 0 Å². The van der Waals surface area contributed by atoms with Gasteiger partial charge in [-0.15, -0.1) is 5.10 Å². The molecule has 0 bridgehead atoms. The van der Waals surface area contributed by atoms with E-state index in [2.05, 4.69) is 11.2 Å². The molecule has 0 unspecified atom stereocenters. The second-order valence-electron chi connectivity index (χ2n) is 7.89. The predicted molar refractivity (Wildman–Crippen MR) is 98.3 cm³/mol. The van der Waals surface area contributed by atoms with E-state index in [9.17, 15) is 15.2 Å². The molecule has 28 heavy (non-hydrogen) atoms. The average Bonchev–Trinajstić information content (AvgIpc) is 3.47. The molecule has 1 amide bonds. The number of rotatable bonds is 4. The first-order valence-electron chi connectivity index (χ1n) is 9.32. The van der Waals surface area contributed by atoms with Crippen LogP contribution in [0.25, 0.3) is 0 Å². The van der Waals surface area contributed by atoms with Gasteiger partial charge in [0.25, 0.3) is 0 Å². The lowest BCUT2D eigenvalue weighted by molar-refractivity contribution is -0.135. The first-order chi connectivity index (χ1) is 13.4. The fourth-order valence-corrected chi connectivity index (χ4v) is 3.69. The lowest BCUT2D eigenvalue weighted by Crippen LogP contribution is -2.50. The van der Waals surface area contributed by atoms with Crippen molar-refractivity contribution in [1.82, 2.24) is 5.01 Å². The van der Waals surface area contributed by atoms with Gasteiger partial charge in [-0.3, -0.25) is 4.79 Å². The van der Waals surface area contributed by atoms with Gasteiger partial charge in [-0.1, -0.05) is 0 Å². The maximum atomic E-state index is 12.4. The lowest BCUT2D eigenvalue weighted by atomic mass is 9.87. The van der Waals surface area contributed by atoms with E-state index in [4.69, 9.17) is 14.2 Å². The molecule has 8 heteroatoms. The SMILES string of the molecule is COCCN1N=C(O[C@@H]2c3cc(C#N)ccc3OC(C)(C)[C@H]2O)[C@@H]2C[C@@H]2C1=O. The van der Waals surface area contributed by atoms with Crippen molar-refractivity contribution in [3.8, 4) is 11.8 Å². The van der Waals surface area contributed by atoms with Crippen molar-refractivity contribution in [2.75, 3.05) is 20.3 Å². The number of hydrazone groups is 1. The molecule has 4 rings (SSSR count). The molecule has 3 aliphatic rings. The zero-order valence-corrected chi connectivity index (χ0v) is 16.1. The van der Waals surface area contributed by atoms with Crippen molar-refractivity contribution < 1.29 is 24.1 Å². The summed E-state index contributed by atoms with van der Waals surface area (Å²) in [4.78, 5) is 12.4. The zero-order valence-electron chi connectivity index (χ0n) is 16.1. The third kappa shape index (κ3) is 3.11. The number of fused-ring (bicyclic) bond motifs is 2. The Balaban J connectivity index is 1.67. The molecule has 0 spiro atoms. The van der Waals surface area contributed by atoms with Gasteiger partial charge in [0.2, 0.25) is 11.8 Å². The van der Waals surface area contributed by atoms with Gasteiger partial charge in [0.05, 0.1) is 30.7 Å². The molecular weight excluding hydrogens is 362 g/mol. The minimum absolute atomic E-state index is 0.0191.